The summed E-state index contributed by atoms with van der Waals surface area (Å²) in [5, 5.41) is 5.67. The van der Waals surface area contributed by atoms with Crippen LogP contribution in [-0.2, 0) is 0 Å². The van der Waals surface area contributed by atoms with Crippen molar-refractivity contribution in [2.24, 2.45) is 0 Å². The lowest BCUT2D eigenvalue weighted by Gasteiger charge is -2.22. The van der Waals surface area contributed by atoms with Gasteiger partial charge in [-0.25, -0.2) is 4.98 Å². The molecule has 0 aliphatic heterocycles. The molecule has 0 saturated heterocycles. The Morgan fingerprint density at radius 2 is 1.84 bits per heavy atom. The Labute approximate surface area is 151 Å². The minimum Gasteiger partial charge on any atom is -0.344 e. The Morgan fingerprint density at radius 1 is 1.12 bits per heavy atom. The van der Waals surface area contributed by atoms with Crippen LogP contribution < -0.4 is 10.2 Å². The number of amides is 1. The van der Waals surface area contributed by atoms with Crippen LogP contribution in [0.4, 0.5) is 16.5 Å². The number of carbonyl (C=O) groups excluding carboxylic acids is 1. The maximum atomic E-state index is 12.8. The number of thiazole rings is 1. The molecule has 3 aromatic rings. The summed E-state index contributed by atoms with van der Waals surface area (Å²) in [4.78, 5) is 19.4. The molecule has 1 aliphatic rings. The van der Waals surface area contributed by atoms with E-state index in [1.807, 2.05) is 66.5 Å². The van der Waals surface area contributed by atoms with Crippen molar-refractivity contribution in [2.75, 3.05) is 17.3 Å². The molecule has 126 valence electrons. The average Bonchev–Trinajstić information content (AvgIpc) is 3.41. The molecule has 0 bridgehead atoms. The molecular formula is C20H19N3OS. The zero-order valence-electron chi connectivity index (χ0n) is 14.0. The quantitative estimate of drug-likeness (QED) is 0.702. The first-order valence-corrected chi connectivity index (χ1v) is 9.25. The van der Waals surface area contributed by atoms with E-state index in [9.17, 15) is 4.79 Å². The van der Waals surface area contributed by atoms with E-state index in [0.29, 0.717) is 16.6 Å². The average molecular weight is 349 g/mol. The number of nitrogens with zero attached hydrogens (tertiary/aromatic N) is 2. The van der Waals surface area contributed by atoms with E-state index in [0.717, 1.165) is 17.1 Å². The predicted molar refractivity (Wildman–Crippen MR) is 103 cm³/mol. The Kier molecular flexibility index (Phi) is 4.24. The molecule has 1 heterocycles. The number of benzene rings is 2. The highest BCUT2D eigenvalue weighted by atomic mass is 32.1. The molecule has 5 heteroatoms. The predicted octanol–water partition coefficient (Wildman–Crippen LogP) is 5.04. The second kappa shape index (κ2) is 6.69. The van der Waals surface area contributed by atoms with E-state index in [1.54, 1.807) is 0 Å². The highest BCUT2D eigenvalue weighted by Gasteiger charge is 2.26. The van der Waals surface area contributed by atoms with Crippen LogP contribution in [0.3, 0.4) is 0 Å². The van der Waals surface area contributed by atoms with Crippen molar-refractivity contribution in [3.8, 4) is 0 Å². The molecule has 1 aromatic heterocycles. The Hall–Kier alpha value is -2.66. The lowest BCUT2D eigenvalue weighted by atomic mass is 10.1. The number of nitrogens with one attached hydrogen (secondary N) is 1. The van der Waals surface area contributed by atoms with E-state index in [4.69, 9.17) is 0 Å². The van der Waals surface area contributed by atoms with Gasteiger partial charge in [-0.15, -0.1) is 11.3 Å². The summed E-state index contributed by atoms with van der Waals surface area (Å²) >= 11 is 1.49. The first-order valence-electron chi connectivity index (χ1n) is 8.37. The van der Waals surface area contributed by atoms with Crippen LogP contribution in [0.2, 0.25) is 0 Å². The Morgan fingerprint density at radius 3 is 2.60 bits per heavy atom. The van der Waals surface area contributed by atoms with Crippen molar-refractivity contribution in [2.45, 2.75) is 18.8 Å². The van der Waals surface area contributed by atoms with Gasteiger partial charge in [0.1, 0.15) is 0 Å². The Bertz CT molecular complexity index is 887. The summed E-state index contributed by atoms with van der Waals surface area (Å²) in [7, 11) is 1.97. The van der Waals surface area contributed by atoms with Gasteiger partial charge in [0.2, 0.25) is 0 Å². The van der Waals surface area contributed by atoms with Crippen LogP contribution in [-0.4, -0.2) is 17.9 Å². The molecule has 0 spiro atoms. The van der Waals surface area contributed by atoms with Crippen LogP contribution in [0.1, 0.15) is 34.8 Å². The maximum absolute atomic E-state index is 12.8. The molecule has 0 radical (unpaired) electrons. The third-order valence-corrected chi connectivity index (χ3v) is 5.17. The van der Waals surface area contributed by atoms with Gasteiger partial charge in [0.05, 0.1) is 16.9 Å². The first-order chi connectivity index (χ1) is 12.2. The van der Waals surface area contributed by atoms with Gasteiger partial charge < -0.3 is 4.90 Å². The van der Waals surface area contributed by atoms with E-state index < -0.39 is 0 Å². The fourth-order valence-electron chi connectivity index (χ4n) is 2.82. The third-order valence-electron chi connectivity index (χ3n) is 4.39. The van der Waals surface area contributed by atoms with Gasteiger partial charge in [-0.3, -0.25) is 10.1 Å². The highest BCUT2D eigenvalue weighted by Crippen LogP contribution is 2.41. The summed E-state index contributed by atoms with van der Waals surface area (Å²) in [6.07, 6.45) is 2.42. The fraction of sp³-hybridized carbons (Fsp3) is 0.200. The molecule has 2 aromatic carbocycles. The largest absolute Gasteiger partial charge is 0.344 e. The van der Waals surface area contributed by atoms with Crippen LogP contribution in [0.5, 0.6) is 0 Å². The van der Waals surface area contributed by atoms with Gasteiger partial charge in [0, 0.05) is 24.0 Å². The van der Waals surface area contributed by atoms with Gasteiger partial charge in [-0.1, -0.05) is 30.3 Å². The van der Waals surface area contributed by atoms with E-state index >= 15 is 0 Å². The number of carbonyl (C=O) groups is 1. The van der Waals surface area contributed by atoms with E-state index in [2.05, 4.69) is 15.7 Å². The number of hydrogen-bond acceptors (Lipinski definition) is 4. The molecule has 0 unspecified atom stereocenters. The lowest BCUT2D eigenvalue weighted by Crippen LogP contribution is -2.18. The van der Waals surface area contributed by atoms with Crippen LogP contribution in [0.15, 0.2) is 60.0 Å². The summed E-state index contributed by atoms with van der Waals surface area (Å²) < 4.78 is 0. The van der Waals surface area contributed by atoms with Gasteiger partial charge in [-0.05, 0) is 37.1 Å². The van der Waals surface area contributed by atoms with Crippen molar-refractivity contribution in [1.29, 1.82) is 0 Å². The van der Waals surface area contributed by atoms with Gasteiger partial charge in [-0.2, -0.15) is 0 Å². The number of aromatic nitrogens is 1. The second-order valence-corrected chi connectivity index (χ2v) is 7.08. The fourth-order valence-corrected chi connectivity index (χ4v) is 3.61. The van der Waals surface area contributed by atoms with Crippen LogP contribution in [0.25, 0.3) is 0 Å². The molecule has 4 nitrogen and oxygen atoms in total. The maximum Gasteiger partial charge on any atom is 0.259 e. The monoisotopic (exact) mass is 349 g/mol. The van der Waals surface area contributed by atoms with Crippen molar-refractivity contribution in [1.82, 2.24) is 4.98 Å². The van der Waals surface area contributed by atoms with Crippen molar-refractivity contribution >= 4 is 33.8 Å². The molecule has 1 N–H and O–H groups in total. The Balaban J connectivity index is 1.58. The molecule has 1 amide bonds. The second-order valence-electron chi connectivity index (χ2n) is 6.22. The number of hydrogen-bond donors (Lipinski definition) is 1. The summed E-state index contributed by atoms with van der Waals surface area (Å²) in [5.74, 6) is 0.466. The molecule has 0 atom stereocenters. The number of rotatable bonds is 5. The van der Waals surface area contributed by atoms with E-state index in [-0.39, 0.29) is 5.91 Å². The SMILES string of the molecule is CN(c1ccccc1)c1ccccc1C(=O)Nc1nc(C2CC2)cs1. The highest BCUT2D eigenvalue weighted by molar-refractivity contribution is 7.14. The third kappa shape index (κ3) is 3.42. The number of para-hydroxylation sites is 2. The van der Waals surface area contributed by atoms with Gasteiger partial charge >= 0.3 is 0 Å². The molecule has 25 heavy (non-hydrogen) atoms. The summed E-state index contributed by atoms with van der Waals surface area (Å²) in [5.41, 5.74) is 3.64. The zero-order valence-corrected chi connectivity index (χ0v) is 14.8. The number of anilines is 3. The molecule has 4 rings (SSSR count). The minimum atomic E-state index is -0.130. The lowest BCUT2D eigenvalue weighted by molar-refractivity contribution is 0.102. The van der Waals surface area contributed by atoms with Crippen LogP contribution in [0, 0.1) is 0 Å². The van der Waals surface area contributed by atoms with Crippen molar-refractivity contribution < 1.29 is 4.79 Å². The summed E-state index contributed by atoms with van der Waals surface area (Å²) in [6.45, 7) is 0. The van der Waals surface area contributed by atoms with Gasteiger partial charge in [0.15, 0.2) is 5.13 Å². The molecule has 1 saturated carbocycles. The zero-order chi connectivity index (χ0) is 17.2. The topological polar surface area (TPSA) is 45.2 Å². The van der Waals surface area contributed by atoms with Gasteiger partial charge in [0.25, 0.3) is 5.91 Å². The van der Waals surface area contributed by atoms with Crippen molar-refractivity contribution in [3.05, 3.63) is 71.2 Å². The van der Waals surface area contributed by atoms with Crippen LogP contribution >= 0.6 is 11.3 Å². The smallest absolute Gasteiger partial charge is 0.259 e. The normalized spacial score (nSPS) is 13.5. The van der Waals surface area contributed by atoms with E-state index in [1.165, 1.54) is 24.2 Å². The summed E-state index contributed by atoms with van der Waals surface area (Å²) in [6, 6.07) is 17.6. The molecule has 1 fully saturated rings. The molecular weight excluding hydrogens is 330 g/mol. The molecule has 1 aliphatic carbocycles. The standard InChI is InChI=1S/C20H19N3OS/c1-23(15-7-3-2-4-8-15)18-10-6-5-9-16(18)19(24)22-20-21-17(13-25-20)14-11-12-14/h2-10,13-14H,11-12H2,1H3,(H,21,22,24). The first kappa shape index (κ1) is 15.8. The van der Waals surface area contributed by atoms with Crippen molar-refractivity contribution in [3.63, 3.8) is 0 Å². The minimum absolute atomic E-state index is 0.130.